The number of aromatic amines is 1. The third kappa shape index (κ3) is 3.85. The van der Waals surface area contributed by atoms with Crippen LogP contribution < -0.4 is 0 Å². The molecule has 4 heteroatoms. The van der Waals surface area contributed by atoms with Crippen LogP contribution in [0.3, 0.4) is 0 Å². The van der Waals surface area contributed by atoms with Crippen LogP contribution in [-0.2, 0) is 9.53 Å². The molecule has 0 bridgehead atoms. The molecule has 0 atom stereocenters. The molecule has 1 aromatic rings. The van der Waals surface area contributed by atoms with Gasteiger partial charge in [0.05, 0.1) is 0 Å². The van der Waals surface area contributed by atoms with Gasteiger partial charge in [-0.25, -0.2) is 4.79 Å². The molecule has 1 rings (SSSR count). The van der Waals surface area contributed by atoms with Crippen molar-refractivity contribution in [2.45, 2.75) is 4.90 Å². The second-order valence-corrected chi connectivity index (χ2v) is 3.44. The summed E-state index contributed by atoms with van der Waals surface area (Å²) in [6.07, 6.45) is 4.93. The number of carbonyl (C=O) groups is 1. The van der Waals surface area contributed by atoms with Crippen LogP contribution in [-0.4, -0.2) is 23.3 Å². The number of esters is 1. The molecule has 1 aromatic heterocycles. The minimum absolute atomic E-state index is 0.366. The van der Waals surface area contributed by atoms with Crippen LogP contribution in [0.25, 0.3) is 0 Å². The van der Waals surface area contributed by atoms with Gasteiger partial charge in [0.15, 0.2) is 0 Å². The van der Waals surface area contributed by atoms with Gasteiger partial charge in [-0.05, 0) is 6.07 Å². The van der Waals surface area contributed by atoms with Crippen LogP contribution >= 0.6 is 11.8 Å². The summed E-state index contributed by atoms with van der Waals surface area (Å²) in [5.74, 6) is 0.395. The van der Waals surface area contributed by atoms with Crippen molar-refractivity contribution in [2.75, 3.05) is 12.4 Å². The standard InChI is InChI=1S/C9H11NO2S/c1-2-9(11)12-5-6-13-8-3-4-10-7-8/h2-4,7,10H,1,5-6H2. The van der Waals surface area contributed by atoms with Gasteiger partial charge in [0.1, 0.15) is 6.61 Å². The Balaban J connectivity index is 2.08. The summed E-state index contributed by atoms with van der Waals surface area (Å²) in [6, 6.07) is 1.97. The first-order chi connectivity index (χ1) is 6.33. The van der Waals surface area contributed by atoms with Crippen molar-refractivity contribution < 1.29 is 9.53 Å². The normalized spacial score (nSPS) is 9.54. The lowest BCUT2D eigenvalue weighted by Crippen LogP contribution is -2.03. The maximum absolute atomic E-state index is 10.6. The number of hydrogen-bond donors (Lipinski definition) is 1. The summed E-state index contributed by atoms with van der Waals surface area (Å²) in [6.45, 7) is 3.72. The van der Waals surface area contributed by atoms with Crippen molar-refractivity contribution in [1.82, 2.24) is 4.98 Å². The van der Waals surface area contributed by atoms with Crippen LogP contribution in [0.2, 0.25) is 0 Å². The number of nitrogens with one attached hydrogen (secondary N) is 1. The van der Waals surface area contributed by atoms with Gasteiger partial charge >= 0.3 is 5.97 Å². The lowest BCUT2D eigenvalue weighted by atomic mass is 10.6. The number of thioether (sulfide) groups is 1. The van der Waals surface area contributed by atoms with Gasteiger partial charge in [0.2, 0.25) is 0 Å². The molecule has 0 aromatic carbocycles. The van der Waals surface area contributed by atoms with E-state index < -0.39 is 0 Å². The third-order valence-corrected chi connectivity index (χ3v) is 2.29. The molecular weight excluding hydrogens is 186 g/mol. The van der Waals surface area contributed by atoms with Gasteiger partial charge in [-0.15, -0.1) is 11.8 Å². The highest BCUT2D eigenvalue weighted by Crippen LogP contribution is 2.15. The highest BCUT2D eigenvalue weighted by Gasteiger charge is 1.96. The Labute approximate surface area is 81.2 Å². The third-order valence-electron chi connectivity index (χ3n) is 1.33. The number of H-pyrrole nitrogens is 1. The van der Waals surface area contributed by atoms with Crippen molar-refractivity contribution in [1.29, 1.82) is 0 Å². The van der Waals surface area contributed by atoms with E-state index in [1.54, 1.807) is 11.8 Å². The van der Waals surface area contributed by atoms with Crippen molar-refractivity contribution in [3.8, 4) is 0 Å². The predicted octanol–water partition coefficient (Wildman–Crippen LogP) is 1.84. The zero-order valence-corrected chi connectivity index (χ0v) is 7.97. The number of rotatable bonds is 5. The van der Waals surface area contributed by atoms with Crippen LogP contribution in [0.1, 0.15) is 0 Å². The summed E-state index contributed by atoms with van der Waals surface area (Å²) in [5, 5.41) is 0. The quantitative estimate of drug-likeness (QED) is 0.339. The molecule has 13 heavy (non-hydrogen) atoms. The fraction of sp³-hybridized carbons (Fsp3) is 0.222. The van der Waals surface area contributed by atoms with Gasteiger partial charge in [-0.3, -0.25) is 0 Å². The fourth-order valence-electron chi connectivity index (χ4n) is 0.759. The zero-order chi connectivity index (χ0) is 9.52. The summed E-state index contributed by atoms with van der Waals surface area (Å²) in [5.41, 5.74) is 0. The molecule has 0 saturated carbocycles. The molecule has 0 aliphatic rings. The Kier molecular flexibility index (Phi) is 4.18. The van der Waals surface area contributed by atoms with E-state index in [4.69, 9.17) is 4.74 Å². The van der Waals surface area contributed by atoms with Crippen molar-refractivity contribution in [2.24, 2.45) is 0 Å². The smallest absolute Gasteiger partial charge is 0.330 e. The first kappa shape index (κ1) is 9.92. The molecule has 3 nitrogen and oxygen atoms in total. The van der Waals surface area contributed by atoms with Gasteiger partial charge in [0.25, 0.3) is 0 Å². The second-order valence-electron chi connectivity index (χ2n) is 2.27. The molecule has 0 radical (unpaired) electrons. The van der Waals surface area contributed by atoms with Gasteiger partial charge in [-0.1, -0.05) is 6.58 Å². The molecule has 1 N–H and O–H groups in total. The second kappa shape index (κ2) is 5.48. The average Bonchev–Trinajstić information content (AvgIpc) is 2.64. The summed E-state index contributed by atoms with van der Waals surface area (Å²) in [4.78, 5) is 14.7. The lowest BCUT2D eigenvalue weighted by Gasteiger charge is -1.99. The van der Waals surface area contributed by atoms with Crippen molar-refractivity contribution >= 4 is 17.7 Å². The van der Waals surface area contributed by atoms with E-state index in [1.807, 2.05) is 18.5 Å². The molecule has 0 unspecified atom stereocenters. The van der Waals surface area contributed by atoms with Gasteiger partial charge in [0, 0.05) is 29.1 Å². The van der Waals surface area contributed by atoms with Gasteiger partial charge in [-0.2, -0.15) is 0 Å². The Hall–Kier alpha value is -1.16. The summed E-state index contributed by atoms with van der Waals surface area (Å²) in [7, 11) is 0. The average molecular weight is 197 g/mol. The molecule has 0 spiro atoms. The van der Waals surface area contributed by atoms with E-state index >= 15 is 0 Å². The maximum Gasteiger partial charge on any atom is 0.330 e. The van der Waals surface area contributed by atoms with E-state index in [2.05, 4.69) is 11.6 Å². The molecule has 1 heterocycles. The first-order valence-electron chi connectivity index (χ1n) is 3.87. The predicted molar refractivity (Wildman–Crippen MR) is 52.7 cm³/mol. The molecule has 0 aliphatic heterocycles. The maximum atomic E-state index is 10.6. The minimum Gasteiger partial charge on any atom is -0.462 e. The van der Waals surface area contributed by atoms with Gasteiger partial charge < -0.3 is 9.72 Å². The Morgan fingerprint density at radius 3 is 3.23 bits per heavy atom. The van der Waals surface area contributed by atoms with Crippen LogP contribution in [0.4, 0.5) is 0 Å². The molecule has 0 amide bonds. The van der Waals surface area contributed by atoms with Crippen LogP contribution in [0, 0.1) is 0 Å². The SMILES string of the molecule is C=CC(=O)OCCSc1cc[nH]c1. The van der Waals surface area contributed by atoms with Crippen molar-refractivity contribution in [3.05, 3.63) is 31.1 Å². The first-order valence-corrected chi connectivity index (χ1v) is 4.86. The Bertz CT molecular complexity index is 269. The summed E-state index contributed by atoms with van der Waals surface area (Å²) < 4.78 is 4.80. The topological polar surface area (TPSA) is 42.1 Å². The zero-order valence-electron chi connectivity index (χ0n) is 7.16. The highest BCUT2D eigenvalue weighted by atomic mass is 32.2. The molecule has 0 fully saturated rings. The minimum atomic E-state index is -0.366. The van der Waals surface area contributed by atoms with E-state index in [0.717, 1.165) is 10.6 Å². The number of ether oxygens (including phenoxy) is 1. The molecule has 0 saturated heterocycles. The van der Waals surface area contributed by atoms with E-state index in [0.29, 0.717) is 6.61 Å². The number of carbonyl (C=O) groups excluding carboxylic acids is 1. The number of hydrogen-bond acceptors (Lipinski definition) is 3. The fourth-order valence-corrected chi connectivity index (χ4v) is 1.48. The van der Waals surface area contributed by atoms with E-state index in [9.17, 15) is 4.79 Å². The Morgan fingerprint density at radius 2 is 2.62 bits per heavy atom. The van der Waals surface area contributed by atoms with E-state index in [1.165, 1.54) is 6.08 Å². The Morgan fingerprint density at radius 1 is 1.77 bits per heavy atom. The number of aromatic nitrogens is 1. The molecule has 70 valence electrons. The highest BCUT2D eigenvalue weighted by molar-refractivity contribution is 7.99. The monoisotopic (exact) mass is 197 g/mol. The van der Waals surface area contributed by atoms with E-state index in [-0.39, 0.29) is 5.97 Å². The summed E-state index contributed by atoms with van der Waals surface area (Å²) >= 11 is 1.64. The largest absolute Gasteiger partial charge is 0.462 e. The lowest BCUT2D eigenvalue weighted by molar-refractivity contribution is -0.137. The van der Waals surface area contributed by atoms with Crippen LogP contribution in [0.15, 0.2) is 36.0 Å². The molecule has 0 aliphatic carbocycles. The van der Waals surface area contributed by atoms with Crippen molar-refractivity contribution in [3.63, 3.8) is 0 Å². The molecular formula is C9H11NO2S. The van der Waals surface area contributed by atoms with Crippen LogP contribution in [0.5, 0.6) is 0 Å².